The molecule has 2 aromatic rings. The molecule has 1 heterocycles. The monoisotopic (exact) mass is 340 g/mol. The van der Waals surface area contributed by atoms with Crippen LogP contribution in [0.3, 0.4) is 0 Å². The number of para-hydroxylation sites is 1. The van der Waals surface area contributed by atoms with Gasteiger partial charge in [0.2, 0.25) is 0 Å². The summed E-state index contributed by atoms with van der Waals surface area (Å²) in [7, 11) is 0. The van der Waals surface area contributed by atoms with E-state index in [1.807, 2.05) is 60.7 Å². The van der Waals surface area contributed by atoms with E-state index in [9.17, 15) is 4.79 Å². The van der Waals surface area contributed by atoms with Crippen LogP contribution in [0.25, 0.3) is 0 Å². The zero-order valence-corrected chi connectivity index (χ0v) is 14.3. The van der Waals surface area contributed by atoms with Crippen molar-refractivity contribution in [3.63, 3.8) is 0 Å². The molecule has 1 aliphatic heterocycles. The summed E-state index contributed by atoms with van der Waals surface area (Å²) in [6.07, 6.45) is -0.232. The van der Waals surface area contributed by atoms with E-state index < -0.39 is 0 Å². The summed E-state index contributed by atoms with van der Waals surface area (Å²) in [5.41, 5.74) is 1.01. The van der Waals surface area contributed by atoms with Gasteiger partial charge in [0, 0.05) is 32.7 Å². The van der Waals surface area contributed by atoms with Crippen LogP contribution < -0.4 is 4.74 Å². The van der Waals surface area contributed by atoms with Crippen LogP contribution in [0.1, 0.15) is 5.56 Å². The lowest BCUT2D eigenvalue weighted by atomic mass is 10.2. The SMILES string of the molecule is O=C(OCc1ccccc1)N1CCN(CCOc2ccccc2)CC1. The standard InChI is InChI=1S/C20H24N2O3/c23-20(25-17-18-7-3-1-4-8-18)22-13-11-21(12-14-22)15-16-24-19-9-5-2-6-10-19/h1-10H,11-17H2. The second kappa shape index (κ2) is 9.08. The minimum atomic E-state index is -0.232. The molecule has 3 rings (SSSR count). The van der Waals surface area contributed by atoms with Crippen LogP contribution in [0, 0.1) is 0 Å². The zero-order valence-electron chi connectivity index (χ0n) is 14.3. The van der Waals surface area contributed by atoms with Gasteiger partial charge >= 0.3 is 6.09 Å². The maximum absolute atomic E-state index is 12.1. The first-order valence-corrected chi connectivity index (χ1v) is 8.67. The van der Waals surface area contributed by atoms with E-state index in [1.54, 1.807) is 4.90 Å². The van der Waals surface area contributed by atoms with Gasteiger partial charge in [-0.15, -0.1) is 0 Å². The van der Waals surface area contributed by atoms with Gasteiger partial charge in [-0.05, 0) is 17.7 Å². The van der Waals surface area contributed by atoms with Crippen molar-refractivity contribution in [2.24, 2.45) is 0 Å². The number of piperazine rings is 1. The number of carbonyl (C=O) groups excluding carboxylic acids is 1. The van der Waals surface area contributed by atoms with Crippen molar-refractivity contribution in [1.29, 1.82) is 0 Å². The molecule has 0 spiro atoms. The fourth-order valence-electron chi connectivity index (χ4n) is 2.77. The number of rotatable bonds is 6. The Morgan fingerprint density at radius 3 is 2.20 bits per heavy atom. The summed E-state index contributed by atoms with van der Waals surface area (Å²) in [6.45, 7) is 4.92. The highest BCUT2D eigenvalue weighted by atomic mass is 16.6. The van der Waals surface area contributed by atoms with Crippen molar-refractivity contribution in [2.75, 3.05) is 39.3 Å². The van der Waals surface area contributed by atoms with Gasteiger partial charge in [-0.25, -0.2) is 4.79 Å². The Balaban J connectivity index is 1.33. The number of carbonyl (C=O) groups is 1. The van der Waals surface area contributed by atoms with Gasteiger partial charge in [-0.2, -0.15) is 0 Å². The molecule has 5 heteroatoms. The van der Waals surface area contributed by atoms with Crippen LogP contribution in [-0.4, -0.2) is 55.2 Å². The highest BCUT2D eigenvalue weighted by Crippen LogP contribution is 2.09. The molecule has 0 aromatic heterocycles. The van der Waals surface area contributed by atoms with Crippen LogP contribution in [-0.2, 0) is 11.3 Å². The quantitative estimate of drug-likeness (QED) is 0.811. The fourth-order valence-corrected chi connectivity index (χ4v) is 2.77. The summed E-state index contributed by atoms with van der Waals surface area (Å²) in [6, 6.07) is 19.6. The van der Waals surface area contributed by atoms with Crippen molar-refractivity contribution in [1.82, 2.24) is 9.80 Å². The summed E-state index contributed by atoms with van der Waals surface area (Å²) in [4.78, 5) is 16.2. The molecule has 0 atom stereocenters. The molecule has 5 nitrogen and oxygen atoms in total. The Hall–Kier alpha value is -2.53. The lowest BCUT2D eigenvalue weighted by molar-refractivity contribution is 0.0684. The predicted octanol–water partition coefficient (Wildman–Crippen LogP) is 3.02. The van der Waals surface area contributed by atoms with Gasteiger partial charge < -0.3 is 14.4 Å². The first kappa shape index (κ1) is 17.3. The summed E-state index contributed by atoms with van der Waals surface area (Å²) >= 11 is 0. The van der Waals surface area contributed by atoms with Gasteiger partial charge in [0.25, 0.3) is 0 Å². The molecule has 0 N–H and O–H groups in total. The summed E-state index contributed by atoms with van der Waals surface area (Å²) < 4.78 is 11.1. The third-order valence-electron chi connectivity index (χ3n) is 4.26. The number of nitrogens with zero attached hydrogens (tertiary/aromatic N) is 2. The lowest BCUT2D eigenvalue weighted by Gasteiger charge is -2.33. The summed E-state index contributed by atoms with van der Waals surface area (Å²) in [5.74, 6) is 0.894. The average molecular weight is 340 g/mol. The topological polar surface area (TPSA) is 42.0 Å². The maximum Gasteiger partial charge on any atom is 0.410 e. The number of amides is 1. The van der Waals surface area contributed by atoms with Gasteiger partial charge in [0.15, 0.2) is 0 Å². The molecule has 1 fully saturated rings. The number of hydrogen-bond donors (Lipinski definition) is 0. The second-order valence-corrected chi connectivity index (χ2v) is 6.03. The second-order valence-electron chi connectivity index (χ2n) is 6.03. The van der Waals surface area contributed by atoms with Gasteiger partial charge in [-0.3, -0.25) is 4.90 Å². The smallest absolute Gasteiger partial charge is 0.410 e. The van der Waals surface area contributed by atoms with Crippen molar-refractivity contribution in [2.45, 2.75) is 6.61 Å². The van der Waals surface area contributed by atoms with Gasteiger partial charge in [0.1, 0.15) is 19.0 Å². The molecule has 0 unspecified atom stereocenters. The molecule has 1 saturated heterocycles. The normalized spacial score (nSPS) is 15.0. The Bertz CT molecular complexity index is 641. The third-order valence-corrected chi connectivity index (χ3v) is 4.26. The average Bonchev–Trinajstić information content (AvgIpc) is 2.68. The molecule has 0 aliphatic carbocycles. The van der Waals surface area contributed by atoms with E-state index >= 15 is 0 Å². The van der Waals surface area contributed by atoms with E-state index in [0.29, 0.717) is 26.3 Å². The molecule has 132 valence electrons. The van der Waals surface area contributed by atoms with E-state index in [4.69, 9.17) is 9.47 Å². The summed E-state index contributed by atoms with van der Waals surface area (Å²) in [5, 5.41) is 0. The Kier molecular flexibility index (Phi) is 6.29. The van der Waals surface area contributed by atoms with Crippen LogP contribution >= 0.6 is 0 Å². The lowest BCUT2D eigenvalue weighted by Crippen LogP contribution is -2.49. The first-order chi connectivity index (χ1) is 12.3. The molecule has 25 heavy (non-hydrogen) atoms. The van der Waals surface area contributed by atoms with Crippen LogP contribution in [0.5, 0.6) is 5.75 Å². The molecule has 0 bridgehead atoms. The number of hydrogen-bond acceptors (Lipinski definition) is 4. The highest BCUT2D eigenvalue weighted by molar-refractivity contribution is 5.67. The van der Waals surface area contributed by atoms with Crippen LogP contribution in [0.2, 0.25) is 0 Å². The van der Waals surface area contributed by atoms with Gasteiger partial charge in [0.05, 0.1) is 0 Å². The molecular weight excluding hydrogens is 316 g/mol. The van der Waals surface area contributed by atoms with Crippen molar-refractivity contribution < 1.29 is 14.3 Å². The van der Waals surface area contributed by atoms with Crippen molar-refractivity contribution >= 4 is 6.09 Å². The Labute approximate surface area is 148 Å². The highest BCUT2D eigenvalue weighted by Gasteiger charge is 2.21. The van der Waals surface area contributed by atoms with Gasteiger partial charge in [-0.1, -0.05) is 48.5 Å². The Morgan fingerprint density at radius 1 is 0.880 bits per heavy atom. The van der Waals surface area contributed by atoms with Crippen molar-refractivity contribution in [3.05, 3.63) is 66.2 Å². The predicted molar refractivity (Wildman–Crippen MR) is 96.6 cm³/mol. The first-order valence-electron chi connectivity index (χ1n) is 8.67. The minimum Gasteiger partial charge on any atom is -0.492 e. The van der Waals surface area contributed by atoms with Crippen molar-refractivity contribution in [3.8, 4) is 5.75 Å². The number of benzene rings is 2. The zero-order chi connectivity index (χ0) is 17.3. The van der Waals surface area contributed by atoms with E-state index in [-0.39, 0.29) is 6.09 Å². The van der Waals surface area contributed by atoms with Crippen LogP contribution in [0.4, 0.5) is 4.79 Å². The molecule has 0 saturated carbocycles. The molecule has 2 aromatic carbocycles. The Morgan fingerprint density at radius 2 is 1.52 bits per heavy atom. The fraction of sp³-hybridized carbons (Fsp3) is 0.350. The molecule has 1 aliphatic rings. The van der Waals surface area contributed by atoms with E-state index in [1.165, 1.54) is 0 Å². The van der Waals surface area contributed by atoms with E-state index in [0.717, 1.165) is 30.9 Å². The maximum atomic E-state index is 12.1. The molecule has 0 radical (unpaired) electrons. The largest absolute Gasteiger partial charge is 0.492 e. The third kappa shape index (κ3) is 5.50. The molecule has 1 amide bonds. The molecular formula is C20H24N2O3. The van der Waals surface area contributed by atoms with Crippen LogP contribution in [0.15, 0.2) is 60.7 Å². The van der Waals surface area contributed by atoms with E-state index in [2.05, 4.69) is 4.90 Å². The minimum absolute atomic E-state index is 0.232. The number of ether oxygens (including phenoxy) is 2.